The molecular formula is C51H32OS. The van der Waals surface area contributed by atoms with Crippen LogP contribution in [0.1, 0.15) is 25.0 Å². The summed E-state index contributed by atoms with van der Waals surface area (Å²) in [6, 6.07) is 58.6. The zero-order valence-corrected chi connectivity index (χ0v) is 30.1. The van der Waals surface area contributed by atoms with Crippen molar-refractivity contribution < 1.29 is 4.42 Å². The first-order chi connectivity index (χ1) is 26.0. The monoisotopic (exact) mass is 692 g/mol. The molecule has 2 aromatic heterocycles. The molecule has 0 saturated heterocycles. The summed E-state index contributed by atoms with van der Waals surface area (Å²) in [5.41, 5.74) is 12.2. The zero-order chi connectivity index (χ0) is 35.0. The molecule has 0 spiro atoms. The predicted molar refractivity (Wildman–Crippen MR) is 228 cm³/mol. The minimum absolute atomic E-state index is 0.143. The van der Waals surface area contributed by atoms with Gasteiger partial charge in [0.15, 0.2) is 0 Å². The quantitative estimate of drug-likeness (QED) is 0.164. The van der Waals surface area contributed by atoms with Gasteiger partial charge in [0.1, 0.15) is 11.2 Å². The van der Waals surface area contributed by atoms with Crippen molar-refractivity contribution in [2.75, 3.05) is 0 Å². The third kappa shape index (κ3) is 3.91. The second-order valence-electron chi connectivity index (χ2n) is 15.2. The number of hydrogen-bond acceptors (Lipinski definition) is 2. The summed E-state index contributed by atoms with van der Waals surface area (Å²) in [4.78, 5) is 0. The normalized spacial score (nSPS) is 13.6. The maximum Gasteiger partial charge on any atom is 0.143 e. The molecule has 0 radical (unpaired) electrons. The first kappa shape index (κ1) is 29.4. The van der Waals surface area contributed by atoms with Crippen LogP contribution in [0.3, 0.4) is 0 Å². The molecule has 248 valence electrons. The molecule has 11 aromatic rings. The molecule has 1 aliphatic carbocycles. The van der Waals surface area contributed by atoms with Crippen LogP contribution in [0, 0.1) is 0 Å². The van der Waals surface area contributed by atoms with Crippen LogP contribution >= 0.6 is 11.3 Å². The van der Waals surface area contributed by atoms with Crippen molar-refractivity contribution in [3.63, 3.8) is 0 Å². The topological polar surface area (TPSA) is 13.1 Å². The van der Waals surface area contributed by atoms with Gasteiger partial charge in [-0.2, -0.15) is 0 Å². The fraction of sp³-hybridized carbons (Fsp3) is 0.0588. The summed E-state index contributed by atoms with van der Waals surface area (Å²) in [6.07, 6.45) is 0. The highest BCUT2D eigenvalue weighted by Crippen LogP contribution is 2.55. The van der Waals surface area contributed by atoms with Crippen LogP contribution in [0.5, 0.6) is 0 Å². The van der Waals surface area contributed by atoms with Gasteiger partial charge in [0, 0.05) is 41.7 Å². The first-order valence-corrected chi connectivity index (χ1v) is 19.2. The van der Waals surface area contributed by atoms with Gasteiger partial charge in [0.25, 0.3) is 0 Å². The Kier molecular flexibility index (Phi) is 5.78. The number of rotatable bonds is 2. The van der Waals surface area contributed by atoms with Gasteiger partial charge < -0.3 is 4.42 Å². The lowest BCUT2D eigenvalue weighted by Gasteiger charge is -2.22. The van der Waals surface area contributed by atoms with E-state index in [1.165, 1.54) is 102 Å². The highest BCUT2D eigenvalue weighted by molar-refractivity contribution is 7.25. The number of fused-ring (bicyclic) bond motifs is 14. The van der Waals surface area contributed by atoms with Gasteiger partial charge >= 0.3 is 0 Å². The van der Waals surface area contributed by atoms with E-state index in [0.29, 0.717) is 0 Å². The van der Waals surface area contributed by atoms with Gasteiger partial charge in [-0.15, -0.1) is 11.3 Å². The van der Waals surface area contributed by atoms with E-state index >= 15 is 0 Å². The highest BCUT2D eigenvalue weighted by Gasteiger charge is 2.38. The van der Waals surface area contributed by atoms with E-state index in [0.717, 1.165) is 16.6 Å². The number of benzene rings is 9. The van der Waals surface area contributed by atoms with Gasteiger partial charge in [-0.3, -0.25) is 0 Å². The van der Waals surface area contributed by atoms with E-state index in [9.17, 15) is 0 Å². The van der Waals surface area contributed by atoms with Crippen LogP contribution in [-0.4, -0.2) is 0 Å². The smallest absolute Gasteiger partial charge is 0.143 e. The maximum absolute atomic E-state index is 6.71. The fourth-order valence-corrected chi connectivity index (χ4v) is 10.7. The summed E-state index contributed by atoms with van der Waals surface area (Å²) in [5, 5.41) is 12.5. The Balaban J connectivity index is 1.14. The number of hydrogen-bond donors (Lipinski definition) is 0. The average Bonchev–Trinajstić information content (AvgIpc) is 3.84. The molecule has 0 saturated carbocycles. The van der Waals surface area contributed by atoms with E-state index in [1.54, 1.807) is 0 Å². The van der Waals surface area contributed by atoms with Gasteiger partial charge in [0.05, 0.1) is 0 Å². The minimum atomic E-state index is -0.143. The molecular weight excluding hydrogens is 661 g/mol. The van der Waals surface area contributed by atoms with Crippen LogP contribution in [0.2, 0.25) is 0 Å². The largest absolute Gasteiger partial charge is 0.455 e. The van der Waals surface area contributed by atoms with Gasteiger partial charge in [-0.05, 0) is 108 Å². The molecule has 0 atom stereocenters. The lowest BCUT2D eigenvalue weighted by molar-refractivity contribution is 0.657. The molecule has 2 heteroatoms. The molecule has 0 aliphatic heterocycles. The molecule has 1 nitrogen and oxygen atoms in total. The van der Waals surface area contributed by atoms with Crippen molar-refractivity contribution >= 4 is 85.8 Å². The van der Waals surface area contributed by atoms with E-state index in [-0.39, 0.29) is 5.41 Å². The molecule has 53 heavy (non-hydrogen) atoms. The third-order valence-electron chi connectivity index (χ3n) is 12.0. The molecule has 0 bridgehead atoms. The molecule has 12 rings (SSSR count). The average molecular weight is 693 g/mol. The van der Waals surface area contributed by atoms with Crippen molar-refractivity contribution in [2.24, 2.45) is 0 Å². The van der Waals surface area contributed by atoms with Crippen LogP contribution in [-0.2, 0) is 5.41 Å². The number of furan rings is 1. The Bertz CT molecular complexity index is 3320. The molecule has 9 aromatic carbocycles. The van der Waals surface area contributed by atoms with Crippen LogP contribution < -0.4 is 0 Å². The molecule has 0 N–H and O–H groups in total. The van der Waals surface area contributed by atoms with Crippen molar-refractivity contribution in [3.05, 3.63) is 169 Å². The molecule has 2 heterocycles. The molecule has 0 amide bonds. The Morgan fingerprint density at radius 1 is 0.434 bits per heavy atom. The SMILES string of the molecule is CC1(C)c2ccc(-c3c4ccccc4c(-c4ccc5sc6ccccc6c5c4)c4ccccc34)cc2-c2c1ccc1oc3c4ccccc4ccc3c21. The summed E-state index contributed by atoms with van der Waals surface area (Å²) < 4.78 is 9.37. The van der Waals surface area contributed by atoms with Crippen LogP contribution in [0.15, 0.2) is 162 Å². The lowest BCUT2D eigenvalue weighted by atomic mass is 9.81. The second kappa shape index (κ2) is 10.4. The minimum Gasteiger partial charge on any atom is -0.455 e. The maximum atomic E-state index is 6.71. The Labute approximate surface area is 310 Å². The third-order valence-corrected chi connectivity index (χ3v) is 13.2. The van der Waals surface area contributed by atoms with E-state index in [4.69, 9.17) is 4.42 Å². The first-order valence-electron chi connectivity index (χ1n) is 18.4. The van der Waals surface area contributed by atoms with Crippen molar-refractivity contribution in [3.8, 4) is 33.4 Å². The summed E-state index contributed by atoms with van der Waals surface area (Å²) in [6.45, 7) is 4.74. The van der Waals surface area contributed by atoms with Gasteiger partial charge in [0.2, 0.25) is 0 Å². The van der Waals surface area contributed by atoms with E-state index in [2.05, 4.69) is 172 Å². The molecule has 1 aliphatic rings. The molecule has 0 unspecified atom stereocenters. The zero-order valence-electron chi connectivity index (χ0n) is 29.3. The molecule has 0 fully saturated rings. The summed E-state index contributed by atoms with van der Waals surface area (Å²) >= 11 is 1.87. The number of thiophene rings is 1. The van der Waals surface area contributed by atoms with Gasteiger partial charge in [-0.25, -0.2) is 0 Å². The Hall–Kier alpha value is -6.22. The standard InChI is InChI=1S/C51H32OS/c1-51(2)41-23-20-30(28-40(41)48-42(51)24-25-43-49(48)38-22-19-29-11-3-4-12-32(29)50(38)52-43)46-34-14-5-7-16-36(34)47(37-17-8-6-15-35(37)46)31-21-26-45-39(27-31)33-13-9-10-18-44(33)53-45/h3-28H,1-2H3. The summed E-state index contributed by atoms with van der Waals surface area (Å²) in [5.74, 6) is 0. The Morgan fingerprint density at radius 2 is 1.02 bits per heavy atom. The summed E-state index contributed by atoms with van der Waals surface area (Å²) in [7, 11) is 0. The fourth-order valence-electron chi connectivity index (χ4n) is 9.63. The van der Waals surface area contributed by atoms with Crippen molar-refractivity contribution in [1.82, 2.24) is 0 Å². The van der Waals surface area contributed by atoms with Gasteiger partial charge in [-0.1, -0.05) is 135 Å². The van der Waals surface area contributed by atoms with Crippen molar-refractivity contribution in [2.45, 2.75) is 19.3 Å². The highest BCUT2D eigenvalue weighted by atomic mass is 32.1. The second-order valence-corrected chi connectivity index (χ2v) is 16.2. The van der Waals surface area contributed by atoms with E-state index < -0.39 is 0 Å². The Morgan fingerprint density at radius 3 is 1.75 bits per heavy atom. The predicted octanol–water partition coefficient (Wildman–Crippen LogP) is 15.1. The van der Waals surface area contributed by atoms with Crippen LogP contribution in [0.4, 0.5) is 0 Å². The van der Waals surface area contributed by atoms with Crippen LogP contribution in [0.25, 0.3) is 108 Å². The van der Waals surface area contributed by atoms with E-state index in [1.807, 2.05) is 11.3 Å². The van der Waals surface area contributed by atoms with Crippen molar-refractivity contribution in [1.29, 1.82) is 0 Å². The lowest BCUT2D eigenvalue weighted by Crippen LogP contribution is -2.14.